The highest BCUT2D eigenvalue weighted by molar-refractivity contribution is 9.10. The Hall–Kier alpha value is -3.12. The monoisotopic (exact) mass is 423 g/mol. The van der Waals surface area contributed by atoms with Gasteiger partial charge in [-0.1, -0.05) is 34.1 Å². The summed E-state index contributed by atoms with van der Waals surface area (Å²) in [6.07, 6.45) is 0. The average molecular weight is 424 g/mol. The van der Waals surface area contributed by atoms with E-state index in [1.807, 2.05) is 30.3 Å². The SMILES string of the molecule is O=C(COc1ccc2c(c1)oc(=O)c1ccccc12)Nc1ccc(Br)cc1. The van der Waals surface area contributed by atoms with Gasteiger partial charge in [0, 0.05) is 21.6 Å². The highest BCUT2D eigenvalue weighted by atomic mass is 79.9. The highest BCUT2D eigenvalue weighted by Gasteiger charge is 2.09. The Labute approximate surface area is 162 Å². The van der Waals surface area contributed by atoms with Crippen molar-refractivity contribution in [2.45, 2.75) is 0 Å². The molecule has 6 heteroatoms. The molecule has 1 heterocycles. The largest absolute Gasteiger partial charge is 0.484 e. The number of rotatable bonds is 4. The minimum Gasteiger partial charge on any atom is -0.484 e. The summed E-state index contributed by atoms with van der Waals surface area (Å²) < 4.78 is 11.9. The number of nitrogens with one attached hydrogen (secondary N) is 1. The molecule has 0 aliphatic rings. The Balaban J connectivity index is 1.52. The van der Waals surface area contributed by atoms with E-state index in [1.165, 1.54) is 0 Å². The van der Waals surface area contributed by atoms with Gasteiger partial charge >= 0.3 is 5.63 Å². The second kappa shape index (κ2) is 7.25. The number of carbonyl (C=O) groups excluding carboxylic acids is 1. The van der Waals surface area contributed by atoms with Gasteiger partial charge in [-0.2, -0.15) is 0 Å². The van der Waals surface area contributed by atoms with Crippen molar-refractivity contribution in [2.75, 3.05) is 11.9 Å². The van der Waals surface area contributed by atoms with E-state index in [1.54, 1.807) is 36.4 Å². The third-order valence-corrected chi connectivity index (χ3v) is 4.62. The maximum Gasteiger partial charge on any atom is 0.344 e. The zero-order valence-electron chi connectivity index (χ0n) is 14.1. The average Bonchev–Trinajstić information content (AvgIpc) is 2.68. The van der Waals surface area contributed by atoms with Crippen LogP contribution < -0.4 is 15.7 Å². The van der Waals surface area contributed by atoms with Crippen LogP contribution in [0.25, 0.3) is 21.7 Å². The number of hydrogen-bond acceptors (Lipinski definition) is 4. The van der Waals surface area contributed by atoms with Crippen LogP contribution in [0.4, 0.5) is 5.69 Å². The van der Waals surface area contributed by atoms with E-state index in [9.17, 15) is 9.59 Å². The van der Waals surface area contributed by atoms with Gasteiger partial charge < -0.3 is 14.5 Å². The molecule has 0 atom stereocenters. The molecule has 0 aliphatic carbocycles. The van der Waals surface area contributed by atoms with Crippen LogP contribution in [0.3, 0.4) is 0 Å². The predicted molar refractivity (Wildman–Crippen MR) is 108 cm³/mol. The molecule has 1 N–H and O–H groups in total. The van der Waals surface area contributed by atoms with Crippen LogP contribution in [0.15, 0.2) is 80.4 Å². The number of halogens is 1. The number of amides is 1. The van der Waals surface area contributed by atoms with Crippen LogP contribution >= 0.6 is 15.9 Å². The Morgan fingerprint density at radius 1 is 0.963 bits per heavy atom. The summed E-state index contributed by atoms with van der Waals surface area (Å²) in [5, 5.41) is 4.93. The van der Waals surface area contributed by atoms with Gasteiger partial charge in [-0.25, -0.2) is 4.79 Å². The summed E-state index contributed by atoms with van der Waals surface area (Å²) in [7, 11) is 0. The maximum absolute atomic E-state index is 12.1. The Morgan fingerprint density at radius 3 is 2.48 bits per heavy atom. The molecule has 0 radical (unpaired) electrons. The van der Waals surface area contributed by atoms with E-state index in [0.29, 0.717) is 22.4 Å². The molecule has 5 nitrogen and oxygen atoms in total. The number of anilines is 1. The first-order chi connectivity index (χ1) is 13.1. The summed E-state index contributed by atoms with van der Waals surface area (Å²) in [6, 6.07) is 19.7. The van der Waals surface area contributed by atoms with Gasteiger partial charge in [0.2, 0.25) is 0 Å². The second-order valence-corrected chi connectivity index (χ2v) is 6.85. The van der Waals surface area contributed by atoms with Crippen LogP contribution in [0.5, 0.6) is 5.75 Å². The van der Waals surface area contributed by atoms with Crippen molar-refractivity contribution in [3.05, 3.63) is 81.6 Å². The van der Waals surface area contributed by atoms with E-state index >= 15 is 0 Å². The van der Waals surface area contributed by atoms with Gasteiger partial charge in [0.1, 0.15) is 11.3 Å². The Morgan fingerprint density at radius 2 is 1.70 bits per heavy atom. The Bertz CT molecular complexity index is 1200. The van der Waals surface area contributed by atoms with Gasteiger partial charge in [-0.15, -0.1) is 0 Å². The van der Waals surface area contributed by atoms with Crippen molar-refractivity contribution in [3.63, 3.8) is 0 Å². The molecule has 4 aromatic rings. The lowest BCUT2D eigenvalue weighted by atomic mass is 10.1. The van der Waals surface area contributed by atoms with E-state index in [-0.39, 0.29) is 12.5 Å². The summed E-state index contributed by atoms with van der Waals surface area (Å²) in [5.41, 5.74) is 0.704. The summed E-state index contributed by atoms with van der Waals surface area (Å²) >= 11 is 3.34. The van der Waals surface area contributed by atoms with E-state index in [4.69, 9.17) is 9.15 Å². The minimum atomic E-state index is -0.400. The number of benzene rings is 3. The fourth-order valence-electron chi connectivity index (χ4n) is 2.83. The standard InChI is InChI=1S/C21H14BrNO4/c22-13-5-7-14(8-6-13)23-20(24)12-26-15-9-10-17-16-3-1-2-4-18(16)21(25)27-19(17)11-15/h1-11H,12H2,(H,23,24). The molecular weight excluding hydrogens is 410 g/mol. The molecule has 0 saturated carbocycles. The van der Waals surface area contributed by atoms with Crippen molar-refractivity contribution >= 4 is 49.3 Å². The van der Waals surface area contributed by atoms with Gasteiger partial charge in [0.25, 0.3) is 5.91 Å². The van der Waals surface area contributed by atoms with Crippen LogP contribution in [-0.2, 0) is 4.79 Å². The lowest BCUT2D eigenvalue weighted by Gasteiger charge is -2.09. The first kappa shape index (κ1) is 17.3. The fourth-order valence-corrected chi connectivity index (χ4v) is 3.09. The molecule has 27 heavy (non-hydrogen) atoms. The van der Waals surface area contributed by atoms with Gasteiger partial charge in [-0.05, 0) is 47.9 Å². The molecule has 0 saturated heterocycles. The predicted octanol–water partition coefficient (Wildman–Crippen LogP) is 4.73. The third kappa shape index (κ3) is 3.71. The molecule has 0 aliphatic heterocycles. The third-order valence-electron chi connectivity index (χ3n) is 4.09. The van der Waals surface area contributed by atoms with Crippen molar-refractivity contribution in [2.24, 2.45) is 0 Å². The van der Waals surface area contributed by atoms with E-state index in [2.05, 4.69) is 21.2 Å². The molecular formula is C21H14BrNO4. The zero-order chi connectivity index (χ0) is 18.8. The lowest BCUT2D eigenvalue weighted by molar-refractivity contribution is -0.118. The number of hydrogen-bond donors (Lipinski definition) is 1. The van der Waals surface area contributed by atoms with Crippen molar-refractivity contribution in [1.82, 2.24) is 0 Å². The van der Waals surface area contributed by atoms with Crippen LogP contribution in [0, 0.1) is 0 Å². The topological polar surface area (TPSA) is 68.5 Å². The van der Waals surface area contributed by atoms with E-state index in [0.717, 1.165) is 15.2 Å². The smallest absolute Gasteiger partial charge is 0.344 e. The first-order valence-electron chi connectivity index (χ1n) is 8.24. The summed E-state index contributed by atoms with van der Waals surface area (Å²) in [6.45, 7) is -0.153. The van der Waals surface area contributed by atoms with Crippen molar-refractivity contribution in [3.8, 4) is 5.75 Å². The lowest BCUT2D eigenvalue weighted by Crippen LogP contribution is -2.20. The van der Waals surface area contributed by atoms with Crippen LogP contribution in [-0.4, -0.2) is 12.5 Å². The summed E-state index contributed by atoms with van der Waals surface area (Å²) in [5.74, 6) is 0.171. The molecule has 0 spiro atoms. The number of fused-ring (bicyclic) bond motifs is 3. The van der Waals surface area contributed by atoms with Gasteiger partial charge in [0.05, 0.1) is 5.39 Å². The zero-order valence-corrected chi connectivity index (χ0v) is 15.7. The molecule has 4 rings (SSSR count). The maximum atomic E-state index is 12.1. The molecule has 3 aromatic carbocycles. The highest BCUT2D eigenvalue weighted by Crippen LogP contribution is 2.26. The Kier molecular flexibility index (Phi) is 4.64. The van der Waals surface area contributed by atoms with E-state index < -0.39 is 5.63 Å². The number of ether oxygens (including phenoxy) is 1. The molecule has 0 unspecified atom stereocenters. The fraction of sp³-hybridized carbons (Fsp3) is 0.0476. The molecule has 1 aromatic heterocycles. The van der Waals surface area contributed by atoms with Gasteiger partial charge in [-0.3, -0.25) is 4.79 Å². The molecule has 134 valence electrons. The quantitative estimate of drug-likeness (QED) is 0.380. The minimum absolute atomic E-state index is 0.153. The van der Waals surface area contributed by atoms with Crippen molar-refractivity contribution < 1.29 is 13.9 Å². The van der Waals surface area contributed by atoms with Crippen LogP contribution in [0.1, 0.15) is 0 Å². The second-order valence-electron chi connectivity index (χ2n) is 5.94. The summed E-state index contributed by atoms with van der Waals surface area (Å²) in [4.78, 5) is 24.2. The van der Waals surface area contributed by atoms with Crippen LogP contribution in [0.2, 0.25) is 0 Å². The number of carbonyl (C=O) groups is 1. The normalized spacial score (nSPS) is 10.9. The van der Waals surface area contributed by atoms with Crippen molar-refractivity contribution in [1.29, 1.82) is 0 Å². The molecule has 0 bridgehead atoms. The molecule has 0 fully saturated rings. The van der Waals surface area contributed by atoms with Gasteiger partial charge in [0.15, 0.2) is 6.61 Å². The molecule has 1 amide bonds. The first-order valence-corrected chi connectivity index (χ1v) is 9.03.